The molecule has 0 fully saturated rings. The summed E-state index contributed by atoms with van der Waals surface area (Å²) in [6, 6.07) is 4.13. The fourth-order valence-electron chi connectivity index (χ4n) is 1.45. The molecule has 0 aliphatic carbocycles. The van der Waals surface area contributed by atoms with Gasteiger partial charge in [0, 0.05) is 17.1 Å². The lowest BCUT2D eigenvalue weighted by molar-refractivity contribution is -0.140. The lowest BCUT2D eigenvalue weighted by Gasteiger charge is -2.13. The molecule has 1 aromatic carbocycles. The Bertz CT molecular complexity index is 441. The molecule has 0 saturated carbocycles. The molecule has 0 aliphatic heterocycles. The molecule has 1 atom stereocenters. The van der Waals surface area contributed by atoms with Gasteiger partial charge in [-0.25, -0.2) is 4.79 Å². The van der Waals surface area contributed by atoms with Crippen molar-refractivity contribution in [3.8, 4) is 0 Å². The van der Waals surface area contributed by atoms with E-state index in [1.807, 2.05) is 13.0 Å². The Hall–Kier alpha value is -1.40. The van der Waals surface area contributed by atoms with Gasteiger partial charge >= 0.3 is 5.97 Å². The fraction of sp³-hybridized carbons (Fsp3) is 0.333. The molecule has 0 radical (unpaired) electrons. The first-order valence-corrected chi connectivity index (χ1v) is 6.03. The van der Waals surface area contributed by atoms with E-state index in [0.717, 1.165) is 10.0 Å². The van der Waals surface area contributed by atoms with Gasteiger partial charge in [-0.05, 0) is 30.7 Å². The SMILES string of the molecule is COCC(NC(=O)c1cc(C)cc(Br)c1)C(=O)O. The summed E-state index contributed by atoms with van der Waals surface area (Å²) in [6.07, 6.45) is 0. The third kappa shape index (κ3) is 4.12. The van der Waals surface area contributed by atoms with Crippen LogP contribution in [0, 0.1) is 6.92 Å². The van der Waals surface area contributed by atoms with Crippen LogP contribution in [-0.4, -0.2) is 36.7 Å². The number of carbonyl (C=O) groups excluding carboxylic acids is 1. The number of carboxylic acid groups (broad SMARTS) is 1. The zero-order chi connectivity index (χ0) is 13.7. The molecule has 0 bridgehead atoms. The van der Waals surface area contributed by atoms with Crippen LogP contribution in [0.5, 0.6) is 0 Å². The Morgan fingerprint density at radius 1 is 1.44 bits per heavy atom. The highest BCUT2D eigenvalue weighted by atomic mass is 79.9. The fourth-order valence-corrected chi connectivity index (χ4v) is 2.06. The first-order valence-electron chi connectivity index (χ1n) is 5.24. The van der Waals surface area contributed by atoms with Gasteiger partial charge in [-0.2, -0.15) is 0 Å². The number of ether oxygens (including phenoxy) is 1. The third-order valence-corrected chi connectivity index (χ3v) is 2.70. The number of aryl methyl sites for hydroxylation is 1. The summed E-state index contributed by atoms with van der Waals surface area (Å²) in [5.41, 5.74) is 1.32. The number of hydrogen-bond acceptors (Lipinski definition) is 3. The molecule has 1 rings (SSSR count). The van der Waals surface area contributed by atoms with Gasteiger partial charge < -0.3 is 15.2 Å². The number of benzene rings is 1. The van der Waals surface area contributed by atoms with E-state index >= 15 is 0 Å². The van der Waals surface area contributed by atoms with Crippen LogP contribution >= 0.6 is 15.9 Å². The van der Waals surface area contributed by atoms with E-state index in [4.69, 9.17) is 9.84 Å². The quantitative estimate of drug-likeness (QED) is 0.865. The van der Waals surface area contributed by atoms with Crippen LogP contribution in [0.15, 0.2) is 22.7 Å². The average Bonchev–Trinajstić information content (AvgIpc) is 2.26. The van der Waals surface area contributed by atoms with E-state index in [9.17, 15) is 9.59 Å². The molecule has 2 N–H and O–H groups in total. The van der Waals surface area contributed by atoms with E-state index in [1.165, 1.54) is 7.11 Å². The predicted octanol–water partition coefficient (Wildman–Crippen LogP) is 1.59. The summed E-state index contributed by atoms with van der Waals surface area (Å²) in [7, 11) is 1.38. The van der Waals surface area contributed by atoms with Crippen molar-refractivity contribution in [2.75, 3.05) is 13.7 Å². The summed E-state index contributed by atoms with van der Waals surface area (Å²) in [6.45, 7) is 1.78. The van der Waals surface area contributed by atoms with Gasteiger partial charge in [-0.3, -0.25) is 4.79 Å². The van der Waals surface area contributed by atoms with E-state index in [1.54, 1.807) is 12.1 Å². The van der Waals surface area contributed by atoms with E-state index in [0.29, 0.717) is 5.56 Å². The van der Waals surface area contributed by atoms with Crippen molar-refractivity contribution in [3.05, 3.63) is 33.8 Å². The molecule has 0 spiro atoms. The largest absolute Gasteiger partial charge is 0.480 e. The molecule has 1 amide bonds. The van der Waals surface area contributed by atoms with Gasteiger partial charge in [0.1, 0.15) is 0 Å². The second-order valence-electron chi connectivity index (χ2n) is 3.84. The molecule has 1 aromatic rings. The van der Waals surface area contributed by atoms with Crippen molar-refractivity contribution in [2.24, 2.45) is 0 Å². The zero-order valence-corrected chi connectivity index (χ0v) is 11.7. The Balaban J connectivity index is 2.83. The first kappa shape index (κ1) is 14.7. The van der Waals surface area contributed by atoms with Gasteiger partial charge in [-0.1, -0.05) is 15.9 Å². The topological polar surface area (TPSA) is 75.6 Å². The first-order chi connectivity index (χ1) is 8.43. The lowest BCUT2D eigenvalue weighted by Crippen LogP contribution is -2.43. The monoisotopic (exact) mass is 315 g/mol. The van der Waals surface area contributed by atoms with E-state index in [2.05, 4.69) is 21.2 Å². The summed E-state index contributed by atoms with van der Waals surface area (Å²) >= 11 is 3.29. The van der Waals surface area contributed by atoms with Crippen LogP contribution in [0.4, 0.5) is 0 Å². The van der Waals surface area contributed by atoms with Crippen LogP contribution in [0.2, 0.25) is 0 Å². The number of carboxylic acids is 1. The van der Waals surface area contributed by atoms with E-state index in [-0.39, 0.29) is 6.61 Å². The van der Waals surface area contributed by atoms with E-state index < -0.39 is 17.9 Å². The van der Waals surface area contributed by atoms with Crippen LogP contribution < -0.4 is 5.32 Å². The lowest BCUT2D eigenvalue weighted by atomic mass is 10.1. The maximum atomic E-state index is 11.9. The molecule has 0 aliphatic rings. The molecule has 6 heteroatoms. The Morgan fingerprint density at radius 2 is 2.11 bits per heavy atom. The number of amides is 1. The highest BCUT2D eigenvalue weighted by Gasteiger charge is 2.20. The van der Waals surface area contributed by atoms with Crippen LogP contribution in [-0.2, 0) is 9.53 Å². The minimum atomic E-state index is -1.13. The molecule has 0 saturated heterocycles. The van der Waals surface area contributed by atoms with Gasteiger partial charge in [0.15, 0.2) is 6.04 Å². The average molecular weight is 316 g/mol. The number of methoxy groups -OCH3 is 1. The molecular weight excluding hydrogens is 302 g/mol. The number of aliphatic carboxylic acids is 1. The Morgan fingerprint density at radius 3 is 2.61 bits per heavy atom. The Labute approximate surface area is 113 Å². The minimum Gasteiger partial charge on any atom is -0.480 e. The number of carbonyl (C=O) groups is 2. The van der Waals surface area contributed by atoms with Gasteiger partial charge in [0.2, 0.25) is 0 Å². The van der Waals surface area contributed by atoms with Crippen molar-refractivity contribution in [3.63, 3.8) is 0 Å². The predicted molar refractivity (Wildman–Crippen MR) is 69.6 cm³/mol. The minimum absolute atomic E-state index is 0.0753. The van der Waals surface area contributed by atoms with Crippen LogP contribution in [0.3, 0.4) is 0 Å². The highest BCUT2D eigenvalue weighted by Crippen LogP contribution is 2.15. The molecule has 1 unspecified atom stereocenters. The second-order valence-corrected chi connectivity index (χ2v) is 4.75. The molecule has 18 heavy (non-hydrogen) atoms. The molecule has 5 nitrogen and oxygen atoms in total. The molecule has 98 valence electrons. The Kier molecular flexibility index (Phi) is 5.30. The summed E-state index contributed by atoms with van der Waals surface area (Å²) < 4.78 is 5.51. The normalized spacial score (nSPS) is 11.9. The maximum Gasteiger partial charge on any atom is 0.328 e. The summed E-state index contributed by atoms with van der Waals surface area (Å²) in [5, 5.41) is 11.3. The molecular formula is C12H14BrNO4. The standard InChI is InChI=1S/C12H14BrNO4/c1-7-3-8(5-9(13)4-7)11(15)14-10(6-18-2)12(16)17/h3-5,10H,6H2,1-2H3,(H,14,15)(H,16,17). The van der Waals surface area contributed by atoms with Crippen molar-refractivity contribution in [2.45, 2.75) is 13.0 Å². The molecule has 0 heterocycles. The van der Waals surface area contributed by atoms with Gasteiger partial charge in [-0.15, -0.1) is 0 Å². The number of nitrogens with one attached hydrogen (secondary N) is 1. The maximum absolute atomic E-state index is 11.9. The van der Waals surface area contributed by atoms with Crippen LogP contribution in [0.1, 0.15) is 15.9 Å². The van der Waals surface area contributed by atoms with Crippen molar-refractivity contribution in [1.82, 2.24) is 5.32 Å². The van der Waals surface area contributed by atoms with Crippen molar-refractivity contribution >= 4 is 27.8 Å². The van der Waals surface area contributed by atoms with Gasteiger partial charge in [0.25, 0.3) is 5.91 Å². The third-order valence-electron chi connectivity index (χ3n) is 2.24. The van der Waals surface area contributed by atoms with Crippen molar-refractivity contribution in [1.29, 1.82) is 0 Å². The van der Waals surface area contributed by atoms with Gasteiger partial charge in [0.05, 0.1) is 6.61 Å². The van der Waals surface area contributed by atoms with Crippen molar-refractivity contribution < 1.29 is 19.4 Å². The second kappa shape index (κ2) is 6.51. The number of hydrogen-bond donors (Lipinski definition) is 2. The summed E-state index contributed by atoms with van der Waals surface area (Å²) in [5.74, 6) is -1.57. The number of halogens is 1. The zero-order valence-electron chi connectivity index (χ0n) is 10.1. The van der Waals surface area contributed by atoms with Crippen LogP contribution in [0.25, 0.3) is 0 Å². The number of rotatable bonds is 5. The molecule has 0 aromatic heterocycles. The highest BCUT2D eigenvalue weighted by molar-refractivity contribution is 9.10. The summed E-state index contributed by atoms with van der Waals surface area (Å²) in [4.78, 5) is 22.8. The smallest absolute Gasteiger partial charge is 0.328 e.